The molecule has 3 aromatic heterocycles. The van der Waals surface area contributed by atoms with Crippen LogP contribution in [-0.4, -0.2) is 14.4 Å². The van der Waals surface area contributed by atoms with Crippen LogP contribution in [0, 0.1) is 6.92 Å². The summed E-state index contributed by atoms with van der Waals surface area (Å²) < 4.78 is 1.93. The smallest absolute Gasteiger partial charge is 0.257 e. The molecule has 0 amide bonds. The number of H-pyrrole nitrogens is 1. The van der Waals surface area contributed by atoms with Gasteiger partial charge in [-0.3, -0.25) is 9.20 Å². The second kappa shape index (κ2) is 3.45. The summed E-state index contributed by atoms with van der Waals surface area (Å²) in [5, 5.41) is 1.57. The molecular formula is C15H11N3O. The highest BCUT2D eigenvalue weighted by atomic mass is 16.1. The fourth-order valence-corrected chi connectivity index (χ4v) is 2.52. The lowest BCUT2D eigenvalue weighted by Crippen LogP contribution is -2.06. The maximum Gasteiger partial charge on any atom is 0.257 e. The molecule has 0 spiro atoms. The van der Waals surface area contributed by atoms with E-state index in [1.165, 1.54) is 0 Å². The predicted octanol–water partition coefficient (Wildman–Crippen LogP) is 2.64. The largest absolute Gasteiger partial charge is 0.306 e. The molecule has 19 heavy (non-hydrogen) atoms. The monoisotopic (exact) mass is 249 g/mol. The molecule has 0 aliphatic rings. The molecule has 0 atom stereocenters. The summed E-state index contributed by atoms with van der Waals surface area (Å²) in [4.78, 5) is 19.7. The molecule has 3 heterocycles. The van der Waals surface area contributed by atoms with E-state index in [1.807, 2.05) is 53.9 Å². The van der Waals surface area contributed by atoms with Crippen LogP contribution in [0.3, 0.4) is 0 Å². The average molecular weight is 249 g/mol. The predicted molar refractivity (Wildman–Crippen MR) is 75.6 cm³/mol. The van der Waals surface area contributed by atoms with Crippen molar-refractivity contribution < 1.29 is 0 Å². The maximum absolute atomic E-state index is 12.1. The summed E-state index contributed by atoms with van der Waals surface area (Å²) >= 11 is 0. The molecule has 0 aliphatic heterocycles. The van der Waals surface area contributed by atoms with Gasteiger partial charge in [0, 0.05) is 17.0 Å². The number of hydrogen-bond acceptors (Lipinski definition) is 2. The molecule has 0 unspecified atom stereocenters. The Kier molecular flexibility index (Phi) is 1.87. The number of imidazole rings is 1. The van der Waals surface area contributed by atoms with E-state index in [1.54, 1.807) is 0 Å². The van der Waals surface area contributed by atoms with Crippen LogP contribution in [-0.2, 0) is 0 Å². The molecule has 4 heteroatoms. The van der Waals surface area contributed by atoms with E-state index < -0.39 is 0 Å². The number of aryl methyl sites for hydroxylation is 1. The Balaban J connectivity index is 2.36. The van der Waals surface area contributed by atoms with Gasteiger partial charge >= 0.3 is 0 Å². The van der Waals surface area contributed by atoms with Gasteiger partial charge in [0.1, 0.15) is 16.8 Å². The number of benzene rings is 1. The molecular weight excluding hydrogens is 238 g/mol. The summed E-state index contributed by atoms with van der Waals surface area (Å²) in [6, 6.07) is 11.5. The first kappa shape index (κ1) is 10.3. The van der Waals surface area contributed by atoms with Crippen LogP contribution >= 0.6 is 0 Å². The van der Waals surface area contributed by atoms with E-state index in [9.17, 15) is 4.79 Å². The van der Waals surface area contributed by atoms with Crippen molar-refractivity contribution in [1.29, 1.82) is 0 Å². The minimum atomic E-state index is -0.0774. The summed E-state index contributed by atoms with van der Waals surface area (Å²) in [6.45, 7) is 2.02. The number of nitrogens with zero attached hydrogens (tertiary/aromatic N) is 2. The van der Waals surface area contributed by atoms with Crippen LogP contribution < -0.4 is 5.56 Å². The molecule has 0 radical (unpaired) electrons. The van der Waals surface area contributed by atoms with Gasteiger partial charge in [-0.05, 0) is 24.6 Å². The summed E-state index contributed by atoms with van der Waals surface area (Å²) in [7, 11) is 0. The van der Waals surface area contributed by atoms with Crippen LogP contribution in [0.15, 0.2) is 47.4 Å². The highest BCUT2D eigenvalue weighted by Gasteiger charge is 2.10. The van der Waals surface area contributed by atoms with Gasteiger partial charge in [0.05, 0.1) is 0 Å². The Hall–Kier alpha value is -2.62. The maximum atomic E-state index is 12.1. The van der Waals surface area contributed by atoms with E-state index in [0.29, 0.717) is 5.39 Å². The molecule has 1 N–H and O–H groups in total. The fourth-order valence-electron chi connectivity index (χ4n) is 2.52. The summed E-state index contributed by atoms with van der Waals surface area (Å²) in [5.74, 6) is 0. The van der Waals surface area contributed by atoms with Gasteiger partial charge < -0.3 is 4.98 Å². The van der Waals surface area contributed by atoms with E-state index in [0.717, 1.165) is 27.8 Å². The van der Waals surface area contributed by atoms with Crippen molar-refractivity contribution in [3.05, 3.63) is 58.5 Å². The standard InChI is InChI=1S/C15H11N3O/c1-9-6-7-12-16-13-10-4-2-3-5-11(10)15(19)17-14(13)18(12)8-9/h2-8H,1H3,(H,17,19). The number of hydrogen-bond donors (Lipinski definition) is 1. The third-order valence-electron chi connectivity index (χ3n) is 3.43. The van der Waals surface area contributed by atoms with E-state index in [-0.39, 0.29) is 5.56 Å². The van der Waals surface area contributed by atoms with Crippen molar-refractivity contribution in [2.75, 3.05) is 0 Å². The first-order chi connectivity index (χ1) is 9.24. The highest BCUT2D eigenvalue weighted by molar-refractivity contribution is 6.03. The second-order valence-electron chi connectivity index (χ2n) is 4.74. The lowest BCUT2D eigenvalue weighted by atomic mass is 10.1. The van der Waals surface area contributed by atoms with Crippen molar-refractivity contribution in [1.82, 2.24) is 14.4 Å². The SMILES string of the molecule is Cc1ccc2nc3c4ccccc4c(=O)[nH]c3n2c1. The topological polar surface area (TPSA) is 50.2 Å². The van der Waals surface area contributed by atoms with Crippen LogP contribution in [0.4, 0.5) is 0 Å². The first-order valence-corrected chi connectivity index (χ1v) is 6.13. The first-order valence-electron chi connectivity index (χ1n) is 6.13. The van der Waals surface area contributed by atoms with Crippen LogP contribution in [0.5, 0.6) is 0 Å². The van der Waals surface area contributed by atoms with Crippen LogP contribution in [0.2, 0.25) is 0 Å². The van der Waals surface area contributed by atoms with Crippen molar-refractivity contribution >= 4 is 27.6 Å². The summed E-state index contributed by atoms with van der Waals surface area (Å²) in [6.07, 6.45) is 1.98. The summed E-state index contributed by atoms with van der Waals surface area (Å²) in [5.41, 5.74) is 3.48. The molecule has 4 nitrogen and oxygen atoms in total. The van der Waals surface area contributed by atoms with Gasteiger partial charge in [-0.15, -0.1) is 0 Å². The van der Waals surface area contributed by atoms with Gasteiger partial charge in [0.2, 0.25) is 0 Å². The molecule has 4 rings (SSSR count). The van der Waals surface area contributed by atoms with Gasteiger partial charge in [-0.2, -0.15) is 0 Å². The molecule has 0 saturated heterocycles. The van der Waals surface area contributed by atoms with E-state index in [2.05, 4.69) is 9.97 Å². The second-order valence-corrected chi connectivity index (χ2v) is 4.74. The van der Waals surface area contributed by atoms with Gasteiger partial charge in [-0.1, -0.05) is 24.3 Å². The Morgan fingerprint density at radius 1 is 1.11 bits per heavy atom. The Morgan fingerprint density at radius 2 is 1.89 bits per heavy atom. The van der Waals surface area contributed by atoms with Crippen molar-refractivity contribution in [3.63, 3.8) is 0 Å². The molecule has 0 bridgehead atoms. The van der Waals surface area contributed by atoms with Crippen molar-refractivity contribution in [2.45, 2.75) is 6.92 Å². The third kappa shape index (κ3) is 1.34. The number of aromatic amines is 1. The normalized spacial score (nSPS) is 11.6. The number of rotatable bonds is 0. The van der Waals surface area contributed by atoms with Gasteiger partial charge in [0.15, 0.2) is 0 Å². The molecule has 0 aliphatic carbocycles. The zero-order valence-electron chi connectivity index (χ0n) is 10.3. The number of aromatic nitrogens is 3. The highest BCUT2D eigenvalue weighted by Crippen LogP contribution is 2.21. The lowest BCUT2D eigenvalue weighted by molar-refractivity contribution is 1.15. The minimum absolute atomic E-state index is 0.0774. The minimum Gasteiger partial charge on any atom is -0.306 e. The quantitative estimate of drug-likeness (QED) is 0.521. The fraction of sp³-hybridized carbons (Fsp3) is 0.0667. The Labute approximate surface area is 108 Å². The van der Waals surface area contributed by atoms with Crippen molar-refractivity contribution in [3.8, 4) is 0 Å². The van der Waals surface area contributed by atoms with Crippen LogP contribution in [0.25, 0.3) is 27.6 Å². The van der Waals surface area contributed by atoms with Crippen molar-refractivity contribution in [2.24, 2.45) is 0 Å². The van der Waals surface area contributed by atoms with E-state index >= 15 is 0 Å². The molecule has 1 aromatic carbocycles. The molecule has 4 aromatic rings. The number of pyridine rings is 2. The number of fused-ring (bicyclic) bond motifs is 5. The third-order valence-corrected chi connectivity index (χ3v) is 3.43. The molecule has 92 valence electrons. The molecule has 0 fully saturated rings. The van der Waals surface area contributed by atoms with E-state index in [4.69, 9.17) is 0 Å². The number of nitrogens with one attached hydrogen (secondary N) is 1. The average Bonchev–Trinajstić information content (AvgIpc) is 2.78. The zero-order chi connectivity index (χ0) is 13.0. The van der Waals surface area contributed by atoms with Crippen LogP contribution in [0.1, 0.15) is 5.56 Å². The Bertz CT molecular complexity index is 995. The van der Waals surface area contributed by atoms with Gasteiger partial charge in [0.25, 0.3) is 5.56 Å². The Morgan fingerprint density at radius 3 is 2.74 bits per heavy atom. The lowest BCUT2D eigenvalue weighted by Gasteiger charge is -1.99. The zero-order valence-corrected chi connectivity index (χ0v) is 10.3. The van der Waals surface area contributed by atoms with Gasteiger partial charge in [-0.25, -0.2) is 4.98 Å². The molecule has 0 saturated carbocycles.